The lowest BCUT2D eigenvalue weighted by Gasteiger charge is -2.09. The summed E-state index contributed by atoms with van der Waals surface area (Å²) in [5, 5.41) is 8.83. The number of anilines is 1. The fourth-order valence-corrected chi connectivity index (χ4v) is 2.40. The molecule has 1 aromatic carbocycles. The summed E-state index contributed by atoms with van der Waals surface area (Å²) < 4.78 is 41.8. The van der Waals surface area contributed by atoms with E-state index in [4.69, 9.17) is 0 Å². The first-order valence-corrected chi connectivity index (χ1v) is 7.30. The average molecular weight is 346 g/mol. The molecule has 0 saturated heterocycles. The Morgan fingerprint density at radius 1 is 1.20 bits per heavy atom. The molecule has 0 unspecified atom stereocenters. The third-order valence-corrected chi connectivity index (χ3v) is 3.78. The smallest absolute Gasteiger partial charge is 0.248 e. The first kappa shape index (κ1) is 16.7. The van der Waals surface area contributed by atoms with Crippen LogP contribution >= 0.6 is 0 Å². The van der Waals surface area contributed by atoms with Gasteiger partial charge in [-0.05, 0) is 26.0 Å². The molecular formula is C17H13F3N4O. The molecule has 0 fully saturated rings. The second-order valence-corrected chi connectivity index (χ2v) is 5.43. The van der Waals surface area contributed by atoms with Crippen molar-refractivity contribution >= 4 is 28.6 Å². The van der Waals surface area contributed by atoms with Crippen LogP contribution in [0, 0.1) is 31.3 Å². The Morgan fingerprint density at radius 3 is 2.72 bits per heavy atom. The fraction of sp³-hybridized carbons (Fsp3) is 0.118. The van der Waals surface area contributed by atoms with Crippen LogP contribution < -0.4 is 5.32 Å². The van der Waals surface area contributed by atoms with Crippen molar-refractivity contribution in [2.45, 2.75) is 13.8 Å². The Balaban J connectivity index is 1.88. The van der Waals surface area contributed by atoms with E-state index in [1.807, 2.05) is 0 Å². The SMILES string of the molecule is Cc1ncc(F)c(C)c1NC(=O)/C=C/c1c(F)cc2cn[nH]c2c1F. The molecule has 0 atom stereocenters. The molecule has 1 amide bonds. The monoisotopic (exact) mass is 346 g/mol. The molecule has 0 saturated carbocycles. The van der Waals surface area contributed by atoms with Gasteiger partial charge in [0, 0.05) is 22.6 Å². The van der Waals surface area contributed by atoms with Crippen molar-refractivity contribution in [3.05, 3.63) is 58.8 Å². The number of hydrogen-bond acceptors (Lipinski definition) is 3. The lowest BCUT2D eigenvalue weighted by Crippen LogP contribution is -2.12. The standard InChI is InChI=1S/C17H13F3N4O/c1-8-13(19)7-21-9(2)16(8)23-14(25)4-3-11-12(18)5-10-6-22-24-17(10)15(11)20/h3-7H,1-2H3,(H,22,24)(H,23,25)/b4-3+. The minimum atomic E-state index is -0.851. The molecule has 0 aliphatic carbocycles. The highest BCUT2D eigenvalue weighted by atomic mass is 19.1. The van der Waals surface area contributed by atoms with Gasteiger partial charge >= 0.3 is 0 Å². The molecule has 2 heterocycles. The topological polar surface area (TPSA) is 70.7 Å². The summed E-state index contributed by atoms with van der Waals surface area (Å²) in [5.41, 5.74) is 0.544. The number of pyridine rings is 1. The number of hydrogen-bond donors (Lipinski definition) is 2. The fourth-order valence-electron chi connectivity index (χ4n) is 2.40. The van der Waals surface area contributed by atoms with Gasteiger partial charge in [-0.15, -0.1) is 0 Å². The Labute approximate surface area is 140 Å². The first-order valence-electron chi connectivity index (χ1n) is 7.30. The highest BCUT2D eigenvalue weighted by Gasteiger charge is 2.14. The molecule has 3 aromatic rings. The maximum Gasteiger partial charge on any atom is 0.248 e. The summed E-state index contributed by atoms with van der Waals surface area (Å²) in [5.74, 6) is -2.90. The van der Waals surface area contributed by atoms with E-state index in [0.717, 1.165) is 24.4 Å². The zero-order valence-electron chi connectivity index (χ0n) is 13.3. The minimum Gasteiger partial charge on any atom is -0.321 e. The number of benzene rings is 1. The van der Waals surface area contributed by atoms with Gasteiger partial charge in [-0.25, -0.2) is 13.2 Å². The van der Waals surface area contributed by atoms with Crippen molar-refractivity contribution in [2.24, 2.45) is 0 Å². The number of aromatic amines is 1. The molecule has 0 aliphatic heterocycles. The van der Waals surface area contributed by atoms with Crippen LogP contribution in [0.5, 0.6) is 0 Å². The molecule has 0 aliphatic rings. The summed E-state index contributed by atoms with van der Waals surface area (Å²) in [6.45, 7) is 3.10. The van der Waals surface area contributed by atoms with Crippen molar-refractivity contribution in [2.75, 3.05) is 5.32 Å². The van der Waals surface area contributed by atoms with Gasteiger partial charge in [0.2, 0.25) is 5.91 Å². The van der Waals surface area contributed by atoms with Gasteiger partial charge in [-0.2, -0.15) is 5.10 Å². The van der Waals surface area contributed by atoms with Crippen molar-refractivity contribution in [3.8, 4) is 0 Å². The number of aromatic nitrogens is 3. The molecule has 25 heavy (non-hydrogen) atoms. The van der Waals surface area contributed by atoms with Gasteiger partial charge in [0.1, 0.15) is 17.2 Å². The molecule has 2 N–H and O–H groups in total. The Kier molecular flexibility index (Phi) is 4.26. The number of nitrogens with zero attached hydrogens (tertiary/aromatic N) is 2. The van der Waals surface area contributed by atoms with E-state index in [1.54, 1.807) is 6.92 Å². The highest BCUT2D eigenvalue weighted by Crippen LogP contribution is 2.24. The lowest BCUT2D eigenvalue weighted by atomic mass is 10.1. The zero-order valence-corrected chi connectivity index (χ0v) is 13.3. The molecule has 3 rings (SSSR count). The van der Waals surface area contributed by atoms with E-state index in [0.29, 0.717) is 5.69 Å². The Hall–Kier alpha value is -3.16. The normalized spacial score (nSPS) is 11.4. The van der Waals surface area contributed by atoms with Gasteiger partial charge < -0.3 is 5.32 Å². The summed E-state index contributed by atoms with van der Waals surface area (Å²) >= 11 is 0. The van der Waals surface area contributed by atoms with Crippen LogP contribution in [-0.2, 0) is 4.79 Å². The number of nitrogens with one attached hydrogen (secondary N) is 2. The lowest BCUT2D eigenvalue weighted by molar-refractivity contribution is -0.111. The maximum absolute atomic E-state index is 14.3. The maximum atomic E-state index is 14.3. The molecule has 0 spiro atoms. The number of fused-ring (bicyclic) bond motifs is 1. The van der Waals surface area contributed by atoms with Crippen LogP contribution in [0.2, 0.25) is 0 Å². The van der Waals surface area contributed by atoms with Crippen LogP contribution in [0.15, 0.2) is 24.5 Å². The zero-order chi connectivity index (χ0) is 18.1. The Bertz CT molecular complexity index is 1010. The van der Waals surface area contributed by atoms with Gasteiger partial charge in [0.15, 0.2) is 5.82 Å². The third kappa shape index (κ3) is 3.10. The average Bonchev–Trinajstić information content (AvgIpc) is 3.03. The molecule has 0 radical (unpaired) electrons. The van der Waals surface area contributed by atoms with Crippen LogP contribution in [0.25, 0.3) is 17.0 Å². The Morgan fingerprint density at radius 2 is 1.96 bits per heavy atom. The number of H-pyrrole nitrogens is 1. The van der Waals surface area contributed by atoms with Crippen molar-refractivity contribution in [3.63, 3.8) is 0 Å². The highest BCUT2D eigenvalue weighted by molar-refractivity contribution is 6.03. The molecule has 128 valence electrons. The predicted molar refractivity (Wildman–Crippen MR) is 87.3 cm³/mol. The quantitative estimate of drug-likeness (QED) is 0.711. The van der Waals surface area contributed by atoms with E-state index in [9.17, 15) is 18.0 Å². The molecule has 0 bridgehead atoms. The number of rotatable bonds is 3. The predicted octanol–water partition coefficient (Wildman–Crippen LogP) is 3.64. The number of aryl methyl sites for hydroxylation is 1. The van der Waals surface area contributed by atoms with E-state index < -0.39 is 23.4 Å². The first-order chi connectivity index (χ1) is 11.9. The van der Waals surface area contributed by atoms with Crippen molar-refractivity contribution in [1.82, 2.24) is 15.2 Å². The van der Waals surface area contributed by atoms with Gasteiger partial charge in [0.25, 0.3) is 0 Å². The van der Waals surface area contributed by atoms with Crippen molar-refractivity contribution in [1.29, 1.82) is 0 Å². The van der Waals surface area contributed by atoms with Crippen LogP contribution in [0.3, 0.4) is 0 Å². The van der Waals surface area contributed by atoms with Crippen molar-refractivity contribution < 1.29 is 18.0 Å². The van der Waals surface area contributed by atoms with E-state index in [2.05, 4.69) is 20.5 Å². The van der Waals surface area contributed by atoms with Gasteiger partial charge in [0.05, 0.1) is 23.8 Å². The molecule has 8 heteroatoms. The molecule has 5 nitrogen and oxygen atoms in total. The molecular weight excluding hydrogens is 333 g/mol. The van der Waals surface area contributed by atoms with Gasteiger partial charge in [-0.3, -0.25) is 14.9 Å². The third-order valence-electron chi connectivity index (χ3n) is 3.78. The number of carbonyl (C=O) groups excluding carboxylic acids is 1. The van der Waals surface area contributed by atoms with Crippen LogP contribution in [-0.4, -0.2) is 21.1 Å². The molecule has 2 aromatic heterocycles. The number of carbonyl (C=O) groups is 1. The van der Waals surface area contributed by atoms with E-state index in [-0.39, 0.29) is 27.7 Å². The largest absolute Gasteiger partial charge is 0.321 e. The summed E-state index contributed by atoms with van der Waals surface area (Å²) in [6.07, 6.45) is 4.33. The minimum absolute atomic E-state index is 0.0440. The summed E-state index contributed by atoms with van der Waals surface area (Å²) in [7, 11) is 0. The van der Waals surface area contributed by atoms with E-state index in [1.165, 1.54) is 13.1 Å². The second-order valence-electron chi connectivity index (χ2n) is 5.43. The summed E-state index contributed by atoms with van der Waals surface area (Å²) in [6, 6.07) is 1.12. The second kappa shape index (κ2) is 6.39. The van der Waals surface area contributed by atoms with Gasteiger partial charge in [-0.1, -0.05) is 0 Å². The number of amides is 1. The summed E-state index contributed by atoms with van der Waals surface area (Å²) in [4.78, 5) is 15.8. The van der Waals surface area contributed by atoms with Crippen LogP contribution in [0.1, 0.15) is 16.8 Å². The van der Waals surface area contributed by atoms with Crippen LogP contribution in [0.4, 0.5) is 18.9 Å². The van der Waals surface area contributed by atoms with E-state index >= 15 is 0 Å². The number of halogens is 3.